The number of aryl methyl sites for hydroxylation is 3. The minimum Gasteiger partial charge on any atom is -0.248 e. The predicted octanol–water partition coefficient (Wildman–Crippen LogP) is 7.18. The molecule has 3 aromatic rings. The van der Waals surface area contributed by atoms with Crippen LogP contribution < -0.4 is 0 Å². The second-order valence-electron chi connectivity index (χ2n) is 6.51. The van der Waals surface area contributed by atoms with Crippen LogP contribution in [0, 0.1) is 26.6 Å². The Morgan fingerprint density at radius 2 is 1.56 bits per heavy atom. The summed E-state index contributed by atoms with van der Waals surface area (Å²) in [7, 11) is 0. The van der Waals surface area contributed by atoms with Crippen LogP contribution in [0.4, 0.5) is 10.1 Å². The van der Waals surface area contributed by atoms with Crippen molar-refractivity contribution in [3.63, 3.8) is 0 Å². The summed E-state index contributed by atoms with van der Waals surface area (Å²) in [6.07, 6.45) is 2.01. The first kappa shape index (κ1) is 19.1. The van der Waals surface area contributed by atoms with Gasteiger partial charge in [-0.05, 0) is 85.8 Å². The van der Waals surface area contributed by atoms with E-state index in [1.165, 1.54) is 28.8 Å². The van der Waals surface area contributed by atoms with Crippen molar-refractivity contribution in [1.29, 1.82) is 0 Å². The zero-order valence-electron chi connectivity index (χ0n) is 15.7. The third-order valence-electron chi connectivity index (χ3n) is 4.33. The van der Waals surface area contributed by atoms with Crippen LogP contribution >= 0.6 is 11.8 Å². The smallest absolute Gasteiger partial charge is 0.123 e. The van der Waals surface area contributed by atoms with Gasteiger partial charge in [0.1, 0.15) is 5.82 Å². The third-order valence-corrected chi connectivity index (χ3v) is 5.15. The fourth-order valence-corrected chi connectivity index (χ4v) is 3.19. The van der Waals surface area contributed by atoms with Crippen LogP contribution in [0.25, 0.3) is 0 Å². The molecule has 1 nitrogen and oxygen atoms in total. The molecule has 3 rings (SSSR count). The maximum atomic E-state index is 13.1. The predicted molar refractivity (Wildman–Crippen MR) is 115 cm³/mol. The van der Waals surface area contributed by atoms with E-state index >= 15 is 0 Å². The number of benzene rings is 3. The Bertz CT molecular complexity index is 970. The number of hydrogen-bond donors (Lipinski definition) is 0. The van der Waals surface area contributed by atoms with Gasteiger partial charge in [-0.3, -0.25) is 0 Å². The molecule has 0 saturated heterocycles. The first-order chi connectivity index (χ1) is 13.0. The lowest BCUT2D eigenvalue weighted by Crippen LogP contribution is -1.98. The molecule has 0 radical (unpaired) electrons. The van der Waals surface area contributed by atoms with Crippen molar-refractivity contribution in [3.05, 3.63) is 106 Å². The molecular formula is C24H22FNS. The Hall–Kier alpha value is -2.65. The molecule has 0 unspecified atom stereocenters. The molecule has 0 saturated carbocycles. The molecule has 3 heteroatoms. The summed E-state index contributed by atoms with van der Waals surface area (Å²) in [4.78, 5) is 5.83. The lowest BCUT2D eigenvalue weighted by atomic mass is 10.0. The average molecular weight is 376 g/mol. The lowest BCUT2D eigenvalue weighted by molar-refractivity contribution is 0.626. The Balaban J connectivity index is 1.91. The summed E-state index contributed by atoms with van der Waals surface area (Å²) < 4.78 is 13.1. The third kappa shape index (κ3) is 5.41. The lowest BCUT2D eigenvalue weighted by Gasteiger charge is -2.07. The van der Waals surface area contributed by atoms with E-state index in [0.717, 1.165) is 21.9 Å². The molecule has 0 atom stereocenters. The van der Waals surface area contributed by atoms with Crippen LogP contribution in [0.15, 0.2) is 88.1 Å². The topological polar surface area (TPSA) is 12.4 Å². The molecule has 0 spiro atoms. The van der Waals surface area contributed by atoms with Crippen molar-refractivity contribution in [1.82, 2.24) is 0 Å². The molecule has 0 heterocycles. The summed E-state index contributed by atoms with van der Waals surface area (Å²) in [5.41, 5.74) is 6.61. The fraction of sp³-hybridized carbons (Fsp3) is 0.125. The first-order valence-corrected chi connectivity index (χ1v) is 9.71. The van der Waals surface area contributed by atoms with Crippen LogP contribution in [0.1, 0.15) is 22.3 Å². The summed E-state index contributed by atoms with van der Waals surface area (Å²) in [5.74, 6) is -0.222. The zero-order valence-corrected chi connectivity index (χ0v) is 16.6. The Kier molecular flexibility index (Phi) is 6.25. The minimum atomic E-state index is -0.222. The average Bonchev–Trinajstić information content (AvgIpc) is 2.66. The molecule has 0 fully saturated rings. The Labute approximate surface area is 164 Å². The number of thioether (sulfide) groups is 1. The summed E-state index contributed by atoms with van der Waals surface area (Å²) in [5, 5.41) is 2.00. The van der Waals surface area contributed by atoms with Gasteiger partial charge < -0.3 is 0 Å². The molecule has 3 aromatic carbocycles. The Morgan fingerprint density at radius 1 is 0.852 bits per heavy atom. The monoisotopic (exact) mass is 375 g/mol. The highest BCUT2D eigenvalue weighted by Crippen LogP contribution is 2.22. The van der Waals surface area contributed by atoms with Crippen LogP contribution in [-0.4, -0.2) is 5.71 Å². The molecule has 0 aliphatic heterocycles. The van der Waals surface area contributed by atoms with Gasteiger partial charge >= 0.3 is 0 Å². The van der Waals surface area contributed by atoms with E-state index in [9.17, 15) is 4.39 Å². The molecule has 0 aliphatic carbocycles. The largest absolute Gasteiger partial charge is 0.248 e. The summed E-state index contributed by atoms with van der Waals surface area (Å²) >= 11 is 1.54. The van der Waals surface area contributed by atoms with Crippen LogP contribution in [0.5, 0.6) is 0 Å². The van der Waals surface area contributed by atoms with Gasteiger partial charge in [0.25, 0.3) is 0 Å². The van der Waals surface area contributed by atoms with Crippen LogP contribution in [-0.2, 0) is 0 Å². The van der Waals surface area contributed by atoms with Gasteiger partial charge in [0.2, 0.25) is 0 Å². The van der Waals surface area contributed by atoms with E-state index in [1.807, 2.05) is 23.6 Å². The maximum Gasteiger partial charge on any atom is 0.123 e. The number of hydrogen-bond acceptors (Lipinski definition) is 2. The molecule has 0 bridgehead atoms. The second-order valence-corrected chi connectivity index (χ2v) is 7.49. The standard InChI is InChI=1S/C24H22FNS/c1-17-4-10-22(11-5-17)26-24(20-7-6-18(2)19(3)16-20)14-15-27-23-12-8-21(25)9-13-23/h4-16H,1-3H3/b15-14+,26-24?. The first-order valence-electron chi connectivity index (χ1n) is 8.83. The summed E-state index contributed by atoms with van der Waals surface area (Å²) in [6.45, 7) is 6.28. The van der Waals surface area contributed by atoms with E-state index in [2.05, 4.69) is 51.1 Å². The van der Waals surface area contributed by atoms with Crippen LogP contribution in [0.3, 0.4) is 0 Å². The maximum absolute atomic E-state index is 13.1. The number of rotatable bonds is 5. The quantitative estimate of drug-likeness (QED) is 0.340. The van der Waals surface area contributed by atoms with Gasteiger partial charge in [0, 0.05) is 10.5 Å². The summed E-state index contributed by atoms with van der Waals surface area (Å²) in [6, 6.07) is 21.1. The molecule has 0 N–H and O–H groups in total. The highest BCUT2D eigenvalue weighted by atomic mass is 32.2. The molecule has 0 aromatic heterocycles. The number of nitrogens with zero attached hydrogens (tertiary/aromatic N) is 1. The van der Waals surface area contributed by atoms with E-state index in [4.69, 9.17) is 4.99 Å². The van der Waals surface area contributed by atoms with Crippen molar-refractivity contribution in [2.24, 2.45) is 4.99 Å². The highest BCUT2D eigenvalue weighted by Gasteiger charge is 2.03. The second kappa shape index (κ2) is 8.83. The molecule has 0 amide bonds. The molecule has 27 heavy (non-hydrogen) atoms. The molecule has 0 aliphatic rings. The van der Waals surface area contributed by atoms with Gasteiger partial charge in [-0.25, -0.2) is 9.38 Å². The van der Waals surface area contributed by atoms with E-state index in [0.29, 0.717) is 0 Å². The normalized spacial score (nSPS) is 11.9. The van der Waals surface area contributed by atoms with Crippen LogP contribution in [0.2, 0.25) is 0 Å². The van der Waals surface area contributed by atoms with Gasteiger partial charge in [-0.15, -0.1) is 0 Å². The number of aliphatic imine (C=N–C) groups is 1. The van der Waals surface area contributed by atoms with Crippen molar-refractivity contribution in [3.8, 4) is 0 Å². The van der Waals surface area contributed by atoms with Gasteiger partial charge in [-0.1, -0.05) is 41.6 Å². The minimum absolute atomic E-state index is 0.222. The van der Waals surface area contributed by atoms with E-state index in [-0.39, 0.29) is 5.82 Å². The number of allylic oxidation sites excluding steroid dienone is 1. The number of halogens is 1. The van der Waals surface area contributed by atoms with E-state index < -0.39 is 0 Å². The van der Waals surface area contributed by atoms with E-state index in [1.54, 1.807) is 23.9 Å². The highest BCUT2D eigenvalue weighted by molar-refractivity contribution is 8.02. The van der Waals surface area contributed by atoms with Crippen molar-refractivity contribution in [2.45, 2.75) is 25.7 Å². The SMILES string of the molecule is Cc1ccc(N=C(/C=C/Sc2ccc(F)cc2)c2ccc(C)c(C)c2)cc1. The molecule has 136 valence electrons. The molecular weight excluding hydrogens is 353 g/mol. The van der Waals surface area contributed by atoms with Crippen molar-refractivity contribution >= 4 is 23.2 Å². The van der Waals surface area contributed by atoms with Gasteiger partial charge in [0.15, 0.2) is 0 Å². The Morgan fingerprint density at radius 3 is 2.22 bits per heavy atom. The van der Waals surface area contributed by atoms with Crippen molar-refractivity contribution < 1.29 is 4.39 Å². The van der Waals surface area contributed by atoms with Gasteiger partial charge in [0.05, 0.1) is 11.4 Å². The van der Waals surface area contributed by atoms with Crippen molar-refractivity contribution in [2.75, 3.05) is 0 Å². The zero-order chi connectivity index (χ0) is 19.2. The fourth-order valence-electron chi connectivity index (χ4n) is 2.55. The van der Waals surface area contributed by atoms with Gasteiger partial charge in [-0.2, -0.15) is 0 Å².